The Morgan fingerprint density at radius 2 is 2.09 bits per heavy atom. The van der Waals surface area contributed by atoms with E-state index in [-0.39, 0.29) is 0 Å². The Morgan fingerprint density at radius 3 is 2.55 bits per heavy atom. The van der Waals surface area contributed by atoms with Crippen LogP contribution >= 0.6 is 0 Å². The summed E-state index contributed by atoms with van der Waals surface area (Å²) >= 11 is 0. The Kier molecular flexibility index (Phi) is 3.10. The van der Waals surface area contributed by atoms with Crippen LogP contribution in [0.1, 0.15) is 12.8 Å². The number of hydrogen-bond acceptors (Lipinski definition) is 2. The highest BCUT2D eigenvalue weighted by molar-refractivity contribution is 6.69. The number of piperidine rings is 1. The smallest absolute Gasteiger partial charge is 0.184 e. The highest BCUT2D eigenvalue weighted by Crippen LogP contribution is 2.12. The first-order chi connectivity index (χ1) is 5.08. The van der Waals surface area contributed by atoms with Crippen LogP contribution in [-0.4, -0.2) is 27.5 Å². The lowest BCUT2D eigenvalue weighted by Gasteiger charge is -2.29. The molecule has 0 amide bonds. The Morgan fingerprint density at radius 1 is 1.36 bits per heavy atom. The summed E-state index contributed by atoms with van der Waals surface area (Å²) in [5.74, 6) is 0. The molecular weight excluding hydrogens is 154 g/mol. The SMILES string of the molecule is C[Si](C)(C)O[C@H]1CCCNC1. The second kappa shape index (κ2) is 3.69. The second-order valence-electron chi connectivity index (χ2n) is 4.20. The van der Waals surface area contributed by atoms with Crippen molar-refractivity contribution in [3.63, 3.8) is 0 Å². The molecule has 3 heteroatoms. The second-order valence-corrected chi connectivity index (χ2v) is 8.66. The predicted molar refractivity (Wildman–Crippen MR) is 50.3 cm³/mol. The van der Waals surface area contributed by atoms with Gasteiger partial charge in [0.25, 0.3) is 0 Å². The molecule has 2 nitrogen and oxygen atoms in total. The van der Waals surface area contributed by atoms with Gasteiger partial charge in [0, 0.05) is 6.54 Å². The Bertz CT molecular complexity index is 116. The Labute approximate surface area is 70.5 Å². The highest BCUT2D eigenvalue weighted by atomic mass is 28.4. The van der Waals surface area contributed by atoms with Gasteiger partial charge in [-0.1, -0.05) is 0 Å². The highest BCUT2D eigenvalue weighted by Gasteiger charge is 2.22. The summed E-state index contributed by atoms with van der Waals surface area (Å²) in [6, 6.07) is 0. The van der Waals surface area contributed by atoms with Gasteiger partial charge < -0.3 is 9.74 Å². The van der Waals surface area contributed by atoms with Crippen molar-refractivity contribution < 1.29 is 4.43 Å². The van der Waals surface area contributed by atoms with Crippen molar-refractivity contribution >= 4 is 8.32 Å². The summed E-state index contributed by atoms with van der Waals surface area (Å²) < 4.78 is 5.96. The summed E-state index contributed by atoms with van der Waals surface area (Å²) in [6.07, 6.45) is 3.02. The average molecular weight is 173 g/mol. The zero-order chi connectivity index (χ0) is 8.32. The zero-order valence-electron chi connectivity index (χ0n) is 7.81. The summed E-state index contributed by atoms with van der Waals surface area (Å²) in [6.45, 7) is 8.99. The molecule has 1 rings (SSSR count). The van der Waals surface area contributed by atoms with Crippen molar-refractivity contribution in [2.24, 2.45) is 0 Å². The molecule has 0 spiro atoms. The summed E-state index contributed by atoms with van der Waals surface area (Å²) in [4.78, 5) is 0. The predicted octanol–water partition coefficient (Wildman–Crippen LogP) is 1.59. The standard InChI is InChI=1S/C8H19NOSi/c1-11(2,3)10-8-5-4-6-9-7-8/h8-9H,4-7H2,1-3H3/t8-/m0/s1. The van der Waals surface area contributed by atoms with Gasteiger partial charge in [0.15, 0.2) is 8.32 Å². The van der Waals surface area contributed by atoms with Gasteiger partial charge in [-0.15, -0.1) is 0 Å². The fourth-order valence-electron chi connectivity index (χ4n) is 1.42. The van der Waals surface area contributed by atoms with Crippen LogP contribution in [0.3, 0.4) is 0 Å². The van der Waals surface area contributed by atoms with Gasteiger partial charge >= 0.3 is 0 Å². The van der Waals surface area contributed by atoms with Crippen molar-refractivity contribution in [1.82, 2.24) is 5.32 Å². The molecule has 1 aliphatic rings. The maximum atomic E-state index is 5.96. The molecule has 0 aliphatic carbocycles. The molecule has 1 fully saturated rings. The third-order valence-electron chi connectivity index (χ3n) is 1.77. The fraction of sp³-hybridized carbons (Fsp3) is 1.00. The maximum Gasteiger partial charge on any atom is 0.184 e. The van der Waals surface area contributed by atoms with Crippen LogP contribution in [0.15, 0.2) is 0 Å². The topological polar surface area (TPSA) is 21.3 Å². The lowest BCUT2D eigenvalue weighted by Crippen LogP contribution is -2.41. The minimum Gasteiger partial charge on any atom is -0.413 e. The first-order valence-corrected chi connectivity index (χ1v) is 7.87. The van der Waals surface area contributed by atoms with Gasteiger partial charge in [0.1, 0.15) is 0 Å². The number of nitrogens with one attached hydrogen (secondary N) is 1. The minimum atomic E-state index is -1.28. The van der Waals surface area contributed by atoms with E-state index in [9.17, 15) is 0 Å². The van der Waals surface area contributed by atoms with Crippen molar-refractivity contribution in [1.29, 1.82) is 0 Å². The van der Waals surface area contributed by atoms with Crippen molar-refractivity contribution in [2.45, 2.75) is 38.6 Å². The van der Waals surface area contributed by atoms with E-state index >= 15 is 0 Å². The summed E-state index contributed by atoms with van der Waals surface area (Å²) in [7, 11) is -1.28. The molecule has 0 radical (unpaired) electrons. The molecule has 0 aromatic carbocycles. The van der Waals surface area contributed by atoms with Crippen molar-refractivity contribution in [2.75, 3.05) is 13.1 Å². The van der Waals surface area contributed by atoms with Crippen molar-refractivity contribution in [3.05, 3.63) is 0 Å². The van der Waals surface area contributed by atoms with E-state index < -0.39 is 8.32 Å². The minimum absolute atomic E-state index is 0.496. The molecule has 1 saturated heterocycles. The molecule has 66 valence electrons. The van der Waals surface area contributed by atoms with Gasteiger partial charge in [0.05, 0.1) is 6.10 Å². The molecule has 11 heavy (non-hydrogen) atoms. The van der Waals surface area contributed by atoms with Gasteiger partial charge in [-0.05, 0) is 39.0 Å². The molecule has 1 heterocycles. The van der Waals surface area contributed by atoms with E-state index in [4.69, 9.17) is 4.43 Å². The summed E-state index contributed by atoms with van der Waals surface area (Å²) in [5, 5.41) is 3.35. The fourth-order valence-corrected chi connectivity index (χ4v) is 2.62. The first kappa shape index (κ1) is 9.23. The molecule has 0 unspecified atom stereocenters. The molecule has 0 bridgehead atoms. The van der Waals surface area contributed by atoms with Crippen molar-refractivity contribution in [3.8, 4) is 0 Å². The van der Waals surface area contributed by atoms with Crippen LogP contribution in [-0.2, 0) is 4.43 Å². The largest absolute Gasteiger partial charge is 0.413 e. The lowest BCUT2D eigenvalue weighted by molar-refractivity contribution is 0.160. The number of rotatable bonds is 2. The Hall–Kier alpha value is 0.137. The molecule has 1 aliphatic heterocycles. The molecule has 0 aromatic heterocycles. The number of hydrogen-bond donors (Lipinski definition) is 1. The zero-order valence-corrected chi connectivity index (χ0v) is 8.81. The van der Waals surface area contributed by atoms with E-state index in [1.165, 1.54) is 19.4 Å². The van der Waals surface area contributed by atoms with Crippen LogP contribution in [0.4, 0.5) is 0 Å². The van der Waals surface area contributed by atoms with Gasteiger partial charge in [-0.3, -0.25) is 0 Å². The monoisotopic (exact) mass is 173 g/mol. The van der Waals surface area contributed by atoms with Gasteiger partial charge in [0.2, 0.25) is 0 Å². The van der Waals surface area contributed by atoms with Gasteiger partial charge in [-0.2, -0.15) is 0 Å². The van der Waals surface area contributed by atoms with E-state index in [2.05, 4.69) is 25.0 Å². The molecular formula is C8H19NOSi. The van der Waals surface area contributed by atoms with E-state index in [1.807, 2.05) is 0 Å². The maximum absolute atomic E-state index is 5.96. The van der Waals surface area contributed by atoms with Crippen LogP contribution < -0.4 is 5.32 Å². The van der Waals surface area contributed by atoms with E-state index in [0.717, 1.165) is 6.54 Å². The molecule has 1 atom stereocenters. The summed E-state index contributed by atoms with van der Waals surface area (Å²) in [5.41, 5.74) is 0. The van der Waals surface area contributed by atoms with E-state index in [0.29, 0.717) is 6.10 Å². The first-order valence-electron chi connectivity index (χ1n) is 4.46. The van der Waals surface area contributed by atoms with Crippen LogP contribution in [0.25, 0.3) is 0 Å². The quantitative estimate of drug-likeness (QED) is 0.640. The molecule has 1 N–H and O–H groups in total. The van der Waals surface area contributed by atoms with Gasteiger partial charge in [-0.25, -0.2) is 0 Å². The third-order valence-corrected chi connectivity index (χ3v) is 2.81. The van der Waals surface area contributed by atoms with Crippen LogP contribution in [0, 0.1) is 0 Å². The molecule has 0 aromatic rings. The van der Waals surface area contributed by atoms with E-state index in [1.54, 1.807) is 0 Å². The molecule has 0 saturated carbocycles. The van der Waals surface area contributed by atoms with Crippen LogP contribution in [0.5, 0.6) is 0 Å². The Balaban J connectivity index is 2.24. The lowest BCUT2D eigenvalue weighted by atomic mass is 10.1. The van der Waals surface area contributed by atoms with Crippen LogP contribution in [0.2, 0.25) is 19.6 Å². The third kappa shape index (κ3) is 3.89. The normalized spacial score (nSPS) is 27.0. The average Bonchev–Trinajstić information content (AvgIpc) is 1.85.